The molecular weight excluding hydrogens is 314 g/mol. The number of rotatable bonds is 3. The van der Waals surface area contributed by atoms with Crippen LogP contribution in [-0.4, -0.2) is 52.0 Å². The quantitative estimate of drug-likeness (QED) is 0.920. The average Bonchev–Trinajstić information content (AvgIpc) is 2.92. The number of aryl methyl sites for hydroxylation is 2. The molecule has 1 fully saturated rings. The Morgan fingerprint density at radius 2 is 2.09 bits per heavy atom. The predicted molar refractivity (Wildman–Crippen MR) is 87.5 cm³/mol. The molecular formula is C15H21N5O2S. The van der Waals surface area contributed by atoms with Crippen LogP contribution in [-0.2, 0) is 10.0 Å². The van der Waals surface area contributed by atoms with Gasteiger partial charge >= 0.3 is 0 Å². The van der Waals surface area contributed by atoms with Crippen molar-refractivity contribution in [3.05, 3.63) is 29.5 Å². The lowest BCUT2D eigenvalue weighted by Gasteiger charge is -2.30. The van der Waals surface area contributed by atoms with Crippen molar-refractivity contribution in [2.75, 3.05) is 19.3 Å². The summed E-state index contributed by atoms with van der Waals surface area (Å²) < 4.78 is 25.1. The average molecular weight is 335 g/mol. The van der Waals surface area contributed by atoms with Crippen LogP contribution in [0.2, 0.25) is 0 Å². The molecule has 1 atom stereocenters. The first-order chi connectivity index (χ1) is 10.8. The summed E-state index contributed by atoms with van der Waals surface area (Å²) in [5, 5.41) is 0. The van der Waals surface area contributed by atoms with Crippen molar-refractivity contribution >= 4 is 10.0 Å². The molecule has 1 aliphatic heterocycles. The molecule has 0 unspecified atom stereocenters. The van der Waals surface area contributed by atoms with Gasteiger partial charge in [-0.05, 0) is 32.8 Å². The van der Waals surface area contributed by atoms with E-state index in [4.69, 9.17) is 0 Å². The summed E-state index contributed by atoms with van der Waals surface area (Å²) in [6, 6.07) is 1.89. The van der Waals surface area contributed by atoms with Crippen molar-refractivity contribution in [1.29, 1.82) is 0 Å². The lowest BCUT2D eigenvalue weighted by molar-refractivity contribution is 0.311. The van der Waals surface area contributed by atoms with E-state index in [1.807, 2.05) is 19.9 Å². The molecule has 2 aromatic heterocycles. The van der Waals surface area contributed by atoms with E-state index in [1.54, 1.807) is 6.20 Å². The van der Waals surface area contributed by atoms with Crippen molar-refractivity contribution in [3.8, 4) is 11.5 Å². The molecule has 0 amide bonds. The Labute approximate surface area is 136 Å². The number of aromatic nitrogens is 4. The van der Waals surface area contributed by atoms with Crippen molar-refractivity contribution < 1.29 is 8.42 Å². The Bertz CT molecular complexity index is 815. The minimum absolute atomic E-state index is 0.0215. The fourth-order valence-electron chi connectivity index (χ4n) is 2.89. The minimum atomic E-state index is -3.18. The van der Waals surface area contributed by atoms with Gasteiger partial charge in [0.15, 0.2) is 5.82 Å². The van der Waals surface area contributed by atoms with Crippen LogP contribution in [0.5, 0.6) is 0 Å². The molecule has 124 valence electrons. The summed E-state index contributed by atoms with van der Waals surface area (Å²) in [7, 11) is -3.18. The largest absolute Gasteiger partial charge is 0.341 e. The number of nitrogens with one attached hydrogen (secondary N) is 1. The van der Waals surface area contributed by atoms with Gasteiger partial charge in [0.05, 0.1) is 6.26 Å². The van der Waals surface area contributed by atoms with Crippen LogP contribution in [0.15, 0.2) is 12.3 Å². The first-order valence-corrected chi connectivity index (χ1v) is 9.50. The van der Waals surface area contributed by atoms with Crippen molar-refractivity contribution in [3.63, 3.8) is 0 Å². The van der Waals surface area contributed by atoms with E-state index < -0.39 is 10.0 Å². The van der Waals surface area contributed by atoms with E-state index >= 15 is 0 Å². The van der Waals surface area contributed by atoms with Crippen LogP contribution < -0.4 is 0 Å². The van der Waals surface area contributed by atoms with Crippen molar-refractivity contribution in [2.24, 2.45) is 0 Å². The Balaban J connectivity index is 1.92. The van der Waals surface area contributed by atoms with Gasteiger partial charge < -0.3 is 4.98 Å². The highest BCUT2D eigenvalue weighted by molar-refractivity contribution is 7.88. The Hall–Kier alpha value is -1.80. The molecule has 0 saturated carbocycles. The molecule has 0 radical (unpaired) electrons. The summed E-state index contributed by atoms with van der Waals surface area (Å²) in [6.45, 7) is 4.88. The topological polar surface area (TPSA) is 91.8 Å². The van der Waals surface area contributed by atoms with Gasteiger partial charge in [-0.15, -0.1) is 0 Å². The zero-order valence-corrected chi connectivity index (χ0v) is 14.4. The molecule has 23 heavy (non-hydrogen) atoms. The van der Waals surface area contributed by atoms with Crippen LogP contribution in [0.25, 0.3) is 11.5 Å². The zero-order valence-electron chi connectivity index (χ0n) is 13.6. The van der Waals surface area contributed by atoms with Crippen LogP contribution in [0.4, 0.5) is 0 Å². The lowest BCUT2D eigenvalue weighted by atomic mass is 9.98. The van der Waals surface area contributed by atoms with Gasteiger partial charge in [0.25, 0.3) is 0 Å². The third-order valence-corrected chi connectivity index (χ3v) is 5.30. The van der Waals surface area contributed by atoms with Gasteiger partial charge in [-0.25, -0.2) is 27.7 Å². The molecule has 0 aromatic carbocycles. The maximum absolute atomic E-state index is 11.8. The molecule has 7 nitrogen and oxygen atoms in total. The molecule has 1 saturated heterocycles. The molecule has 3 heterocycles. The van der Waals surface area contributed by atoms with Crippen molar-refractivity contribution in [2.45, 2.75) is 32.6 Å². The third kappa shape index (κ3) is 3.59. The van der Waals surface area contributed by atoms with Crippen LogP contribution in [0.3, 0.4) is 0 Å². The fraction of sp³-hybridized carbons (Fsp3) is 0.533. The Morgan fingerprint density at radius 3 is 2.74 bits per heavy atom. The highest BCUT2D eigenvalue weighted by Gasteiger charge is 2.28. The number of H-pyrrole nitrogens is 1. The summed E-state index contributed by atoms with van der Waals surface area (Å²) in [5.74, 6) is 1.43. The molecule has 1 N–H and O–H groups in total. The van der Waals surface area contributed by atoms with Gasteiger partial charge in [0.1, 0.15) is 11.5 Å². The SMILES string of the molecule is Cc1cc(-c2ncc(C)[nH]2)nc([C@H]2CCCN(S(C)(=O)=O)C2)n1. The van der Waals surface area contributed by atoms with E-state index in [2.05, 4.69) is 19.9 Å². The zero-order chi connectivity index (χ0) is 16.6. The Morgan fingerprint density at radius 1 is 1.30 bits per heavy atom. The monoisotopic (exact) mass is 335 g/mol. The number of piperidine rings is 1. The second-order valence-corrected chi connectivity index (χ2v) is 8.11. The maximum atomic E-state index is 11.8. The summed E-state index contributed by atoms with van der Waals surface area (Å²) in [4.78, 5) is 16.7. The van der Waals surface area contributed by atoms with Gasteiger partial charge in [0, 0.05) is 36.6 Å². The number of hydrogen-bond acceptors (Lipinski definition) is 5. The normalized spacial score (nSPS) is 19.9. The summed E-state index contributed by atoms with van der Waals surface area (Å²) >= 11 is 0. The highest BCUT2D eigenvalue weighted by Crippen LogP contribution is 2.27. The van der Waals surface area contributed by atoms with Gasteiger partial charge in [0.2, 0.25) is 10.0 Å². The van der Waals surface area contributed by atoms with E-state index in [9.17, 15) is 8.42 Å². The third-order valence-electron chi connectivity index (χ3n) is 4.04. The van der Waals surface area contributed by atoms with Gasteiger partial charge in [-0.1, -0.05) is 0 Å². The van der Waals surface area contributed by atoms with Crippen LogP contribution in [0, 0.1) is 13.8 Å². The molecule has 0 spiro atoms. The van der Waals surface area contributed by atoms with E-state index in [0.717, 1.165) is 29.9 Å². The first kappa shape index (κ1) is 16.1. The molecule has 0 bridgehead atoms. The molecule has 8 heteroatoms. The smallest absolute Gasteiger partial charge is 0.211 e. The highest BCUT2D eigenvalue weighted by atomic mass is 32.2. The van der Waals surface area contributed by atoms with E-state index in [0.29, 0.717) is 24.7 Å². The van der Waals surface area contributed by atoms with Crippen LogP contribution in [0.1, 0.15) is 36.0 Å². The second-order valence-electron chi connectivity index (χ2n) is 6.13. The van der Waals surface area contributed by atoms with Crippen molar-refractivity contribution in [1.82, 2.24) is 24.2 Å². The number of nitrogens with zero attached hydrogens (tertiary/aromatic N) is 4. The van der Waals surface area contributed by atoms with E-state index in [-0.39, 0.29) is 5.92 Å². The molecule has 1 aliphatic rings. The van der Waals surface area contributed by atoms with E-state index in [1.165, 1.54) is 10.6 Å². The number of imidazole rings is 1. The predicted octanol–water partition coefficient (Wildman–Crippen LogP) is 1.62. The maximum Gasteiger partial charge on any atom is 0.211 e. The molecule has 3 rings (SSSR count). The molecule has 0 aliphatic carbocycles. The summed E-state index contributed by atoms with van der Waals surface area (Å²) in [6.07, 6.45) is 4.73. The lowest BCUT2D eigenvalue weighted by Crippen LogP contribution is -2.38. The first-order valence-electron chi connectivity index (χ1n) is 7.65. The molecule has 2 aromatic rings. The second kappa shape index (κ2) is 6.01. The number of aromatic amines is 1. The Kier molecular flexibility index (Phi) is 4.20. The summed E-state index contributed by atoms with van der Waals surface area (Å²) in [5.41, 5.74) is 2.58. The fourth-order valence-corrected chi connectivity index (χ4v) is 3.80. The number of sulfonamides is 1. The van der Waals surface area contributed by atoms with Crippen LogP contribution >= 0.6 is 0 Å². The number of hydrogen-bond donors (Lipinski definition) is 1. The minimum Gasteiger partial charge on any atom is -0.341 e. The van der Waals surface area contributed by atoms with Gasteiger partial charge in [-0.2, -0.15) is 0 Å². The van der Waals surface area contributed by atoms with Gasteiger partial charge in [-0.3, -0.25) is 0 Å². The standard InChI is InChI=1S/C15H21N5O2S/c1-10-7-13(15-16-8-11(2)18-15)19-14(17-10)12-5-4-6-20(9-12)23(3,21)22/h7-8,12H,4-6,9H2,1-3H3,(H,16,18)/t12-/m0/s1.